The van der Waals surface area contributed by atoms with Crippen LogP contribution in [0.2, 0.25) is 0 Å². The van der Waals surface area contributed by atoms with E-state index in [4.69, 9.17) is 0 Å². The van der Waals surface area contributed by atoms with Gasteiger partial charge in [-0.2, -0.15) is 0 Å². The number of aryl methyl sites for hydroxylation is 1. The molecule has 0 spiro atoms. The molecular formula is C20H17N5O. The number of anilines is 1. The van der Waals surface area contributed by atoms with Gasteiger partial charge in [-0.15, -0.1) is 5.10 Å². The average molecular weight is 343 g/mol. The molecule has 0 aliphatic heterocycles. The van der Waals surface area contributed by atoms with E-state index in [9.17, 15) is 4.79 Å². The summed E-state index contributed by atoms with van der Waals surface area (Å²) in [5, 5.41) is 11.2. The van der Waals surface area contributed by atoms with Crippen LogP contribution in [0.15, 0.2) is 66.7 Å². The van der Waals surface area contributed by atoms with Crippen molar-refractivity contribution >= 4 is 22.8 Å². The molecule has 0 saturated carbocycles. The van der Waals surface area contributed by atoms with Crippen LogP contribution in [0.1, 0.15) is 21.6 Å². The van der Waals surface area contributed by atoms with Crippen molar-refractivity contribution in [2.45, 2.75) is 13.5 Å². The van der Waals surface area contributed by atoms with Crippen molar-refractivity contribution in [1.82, 2.24) is 20.0 Å². The van der Waals surface area contributed by atoms with Gasteiger partial charge in [-0.1, -0.05) is 35.5 Å². The number of carbonyl (C=O) groups excluding carboxylic acids is 1. The molecule has 0 saturated heterocycles. The van der Waals surface area contributed by atoms with Crippen molar-refractivity contribution in [2.24, 2.45) is 0 Å². The summed E-state index contributed by atoms with van der Waals surface area (Å²) in [5.74, 6) is 0.369. The van der Waals surface area contributed by atoms with E-state index in [0.717, 1.165) is 22.3 Å². The largest absolute Gasteiger partial charge is 0.307 e. The Morgan fingerprint density at radius 2 is 1.81 bits per heavy atom. The molecule has 128 valence electrons. The Morgan fingerprint density at radius 3 is 2.62 bits per heavy atom. The van der Waals surface area contributed by atoms with Gasteiger partial charge in [-0.25, -0.2) is 9.67 Å². The number of rotatable bonds is 4. The van der Waals surface area contributed by atoms with E-state index in [2.05, 4.69) is 20.6 Å². The van der Waals surface area contributed by atoms with Gasteiger partial charge >= 0.3 is 0 Å². The van der Waals surface area contributed by atoms with E-state index in [1.54, 1.807) is 18.2 Å². The lowest BCUT2D eigenvalue weighted by atomic mass is 10.1. The number of hydrogen-bond donors (Lipinski definition) is 1. The molecule has 4 aromatic rings. The maximum Gasteiger partial charge on any atom is 0.256 e. The van der Waals surface area contributed by atoms with Gasteiger partial charge in [0.1, 0.15) is 11.3 Å². The maximum absolute atomic E-state index is 12.3. The molecule has 0 aliphatic carbocycles. The van der Waals surface area contributed by atoms with E-state index >= 15 is 0 Å². The number of pyridine rings is 1. The molecule has 0 radical (unpaired) electrons. The van der Waals surface area contributed by atoms with Crippen LogP contribution in [-0.4, -0.2) is 25.9 Å². The minimum atomic E-state index is -0.180. The third-order valence-electron chi connectivity index (χ3n) is 4.10. The Hall–Kier alpha value is -3.54. The molecule has 0 fully saturated rings. The summed E-state index contributed by atoms with van der Waals surface area (Å²) in [6, 6.07) is 20.8. The number of benzene rings is 2. The molecule has 1 N–H and O–H groups in total. The zero-order chi connectivity index (χ0) is 17.9. The average Bonchev–Trinajstić information content (AvgIpc) is 3.05. The van der Waals surface area contributed by atoms with Crippen LogP contribution >= 0.6 is 0 Å². The van der Waals surface area contributed by atoms with Crippen LogP contribution < -0.4 is 5.32 Å². The Labute approximate surface area is 150 Å². The van der Waals surface area contributed by atoms with Gasteiger partial charge in [0.05, 0.1) is 12.1 Å². The fourth-order valence-corrected chi connectivity index (χ4v) is 2.77. The number of nitrogens with zero attached hydrogens (tertiary/aromatic N) is 4. The van der Waals surface area contributed by atoms with Crippen LogP contribution in [0.3, 0.4) is 0 Å². The second-order valence-electron chi connectivity index (χ2n) is 6.05. The van der Waals surface area contributed by atoms with Gasteiger partial charge in [0.15, 0.2) is 0 Å². The molecule has 6 nitrogen and oxygen atoms in total. The number of amides is 1. The van der Waals surface area contributed by atoms with Crippen molar-refractivity contribution in [3.8, 4) is 0 Å². The van der Waals surface area contributed by atoms with Crippen molar-refractivity contribution in [3.05, 3.63) is 83.6 Å². The number of para-hydroxylation sites is 1. The highest BCUT2D eigenvalue weighted by atomic mass is 16.1. The molecule has 2 aromatic carbocycles. The van der Waals surface area contributed by atoms with Gasteiger partial charge in [-0.05, 0) is 48.9 Å². The van der Waals surface area contributed by atoms with E-state index in [1.807, 2.05) is 60.1 Å². The molecule has 0 aliphatic rings. The zero-order valence-electron chi connectivity index (χ0n) is 14.3. The van der Waals surface area contributed by atoms with Crippen LogP contribution in [-0.2, 0) is 6.54 Å². The Morgan fingerprint density at radius 1 is 1.00 bits per heavy atom. The first kappa shape index (κ1) is 16.0. The van der Waals surface area contributed by atoms with E-state index in [0.29, 0.717) is 17.9 Å². The molecule has 2 heterocycles. The molecule has 0 atom stereocenters. The minimum Gasteiger partial charge on any atom is -0.307 e. The second kappa shape index (κ2) is 6.76. The van der Waals surface area contributed by atoms with Gasteiger partial charge in [0.2, 0.25) is 0 Å². The summed E-state index contributed by atoms with van der Waals surface area (Å²) in [4.78, 5) is 16.6. The van der Waals surface area contributed by atoms with Crippen LogP contribution in [0, 0.1) is 6.92 Å². The first-order valence-corrected chi connectivity index (χ1v) is 8.31. The first-order chi connectivity index (χ1) is 12.7. The number of nitrogens with one attached hydrogen (secondary N) is 1. The smallest absolute Gasteiger partial charge is 0.256 e. The van der Waals surface area contributed by atoms with Crippen LogP contribution in [0.4, 0.5) is 5.82 Å². The van der Waals surface area contributed by atoms with E-state index in [-0.39, 0.29) is 5.91 Å². The highest BCUT2D eigenvalue weighted by Gasteiger charge is 2.08. The third kappa shape index (κ3) is 3.30. The number of hydrogen-bond acceptors (Lipinski definition) is 4. The second-order valence-corrected chi connectivity index (χ2v) is 6.05. The Bertz CT molecular complexity index is 1070. The molecular weight excluding hydrogens is 326 g/mol. The summed E-state index contributed by atoms with van der Waals surface area (Å²) in [6.07, 6.45) is 0. The summed E-state index contributed by atoms with van der Waals surface area (Å²) in [6.45, 7) is 2.49. The topological polar surface area (TPSA) is 72.7 Å². The van der Waals surface area contributed by atoms with E-state index in [1.165, 1.54) is 0 Å². The Kier molecular flexibility index (Phi) is 4.15. The van der Waals surface area contributed by atoms with Crippen LogP contribution in [0.25, 0.3) is 11.0 Å². The molecule has 0 bridgehead atoms. The fraction of sp³-hybridized carbons (Fsp3) is 0.100. The van der Waals surface area contributed by atoms with Gasteiger partial charge in [-0.3, -0.25) is 4.79 Å². The molecule has 1 amide bonds. The predicted molar refractivity (Wildman–Crippen MR) is 100.0 cm³/mol. The highest BCUT2D eigenvalue weighted by molar-refractivity contribution is 6.03. The molecule has 26 heavy (non-hydrogen) atoms. The first-order valence-electron chi connectivity index (χ1n) is 8.31. The molecule has 2 aromatic heterocycles. The van der Waals surface area contributed by atoms with Crippen LogP contribution in [0.5, 0.6) is 0 Å². The molecule has 0 unspecified atom stereocenters. The lowest BCUT2D eigenvalue weighted by Gasteiger charge is -2.07. The summed E-state index contributed by atoms with van der Waals surface area (Å²) >= 11 is 0. The van der Waals surface area contributed by atoms with Gasteiger partial charge < -0.3 is 5.32 Å². The Balaban J connectivity index is 1.49. The zero-order valence-corrected chi connectivity index (χ0v) is 14.3. The van der Waals surface area contributed by atoms with E-state index < -0.39 is 0 Å². The van der Waals surface area contributed by atoms with Crippen molar-refractivity contribution < 1.29 is 4.79 Å². The van der Waals surface area contributed by atoms with Crippen molar-refractivity contribution in [1.29, 1.82) is 0 Å². The normalized spacial score (nSPS) is 10.8. The minimum absolute atomic E-state index is 0.180. The van der Waals surface area contributed by atoms with Gasteiger partial charge in [0.25, 0.3) is 5.91 Å². The quantitative estimate of drug-likeness (QED) is 0.616. The van der Waals surface area contributed by atoms with Gasteiger partial charge in [0, 0.05) is 11.3 Å². The fourth-order valence-electron chi connectivity index (χ4n) is 2.77. The number of fused-ring (bicyclic) bond motifs is 1. The SMILES string of the molecule is Cc1cccc(NC(=O)c2ccc(Cn3nnc4ccccc43)cc2)n1. The summed E-state index contributed by atoms with van der Waals surface area (Å²) < 4.78 is 1.85. The maximum atomic E-state index is 12.3. The lowest BCUT2D eigenvalue weighted by molar-refractivity contribution is 0.102. The lowest BCUT2D eigenvalue weighted by Crippen LogP contribution is -2.13. The van der Waals surface area contributed by atoms with Crippen molar-refractivity contribution in [2.75, 3.05) is 5.32 Å². The standard InChI is InChI=1S/C20H17N5O/c1-14-5-4-8-19(21-14)22-20(26)16-11-9-15(10-12-16)13-25-18-7-3-2-6-17(18)23-24-25/h2-12H,13H2,1H3,(H,21,22,26). The summed E-state index contributed by atoms with van der Waals surface area (Å²) in [5.41, 5.74) is 4.35. The molecule has 6 heteroatoms. The summed E-state index contributed by atoms with van der Waals surface area (Å²) in [7, 11) is 0. The molecule has 4 rings (SSSR count). The third-order valence-corrected chi connectivity index (χ3v) is 4.10. The highest BCUT2D eigenvalue weighted by Crippen LogP contribution is 2.13. The predicted octanol–water partition coefficient (Wildman–Crippen LogP) is 3.44. The van der Waals surface area contributed by atoms with Crippen molar-refractivity contribution in [3.63, 3.8) is 0 Å². The number of carbonyl (C=O) groups is 1. The monoisotopic (exact) mass is 343 g/mol. The number of aromatic nitrogens is 4.